The molecule has 1 aliphatic heterocycles. The van der Waals surface area contributed by atoms with Crippen LogP contribution in [-0.2, 0) is 14.8 Å². The molecule has 1 aromatic heterocycles. The summed E-state index contributed by atoms with van der Waals surface area (Å²) in [5.74, 6) is -1.08. The number of rotatable bonds is 5. The summed E-state index contributed by atoms with van der Waals surface area (Å²) in [5, 5.41) is 1.87. The van der Waals surface area contributed by atoms with E-state index in [0.29, 0.717) is 11.1 Å². The molecule has 9 heteroatoms. The number of piperazine rings is 1. The van der Waals surface area contributed by atoms with Gasteiger partial charge in [-0.05, 0) is 59.5 Å². The quantitative estimate of drug-likeness (QED) is 0.523. The maximum atomic E-state index is 13.3. The molecule has 1 amide bonds. The molecule has 3 aromatic rings. The molecule has 1 saturated heterocycles. The van der Waals surface area contributed by atoms with Crippen LogP contribution in [0.3, 0.4) is 0 Å². The summed E-state index contributed by atoms with van der Waals surface area (Å²) in [7, 11) is -3.76. The molecule has 0 saturated carbocycles. The van der Waals surface area contributed by atoms with E-state index in [-0.39, 0.29) is 42.8 Å². The molecule has 1 fully saturated rings. The smallest absolute Gasteiger partial charge is 0.255 e. The fourth-order valence-electron chi connectivity index (χ4n) is 3.45. The lowest BCUT2D eigenvalue weighted by molar-refractivity contribution is -0.126. The minimum atomic E-state index is -3.76. The molecular formula is C23H20F2N2O3S2. The molecule has 0 radical (unpaired) electrons. The highest BCUT2D eigenvalue weighted by Gasteiger charge is 2.31. The molecule has 0 bridgehead atoms. The zero-order valence-corrected chi connectivity index (χ0v) is 18.6. The third-order valence-electron chi connectivity index (χ3n) is 5.18. The van der Waals surface area contributed by atoms with E-state index in [1.165, 1.54) is 39.9 Å². The minimum absolute atomic E-state index is 0.0224. The lowest BCUT2D eigenvalue weighted by atomic mass is 10.1. The van der Waals surface area contributed by atoms with E-state index in [9.17, 15) is 22.0 Å². The number of thiophene rings is 1. The second-order valence-electron chi connectivity index (χ2n) is 7.24. The Morgan fingerprint density at radius 3 is 2.03 bits per heavy atom. The Morgan fingerprint density at radius 1 is 0.875 bits per heavy atom. The monoisotopic (exact) mass is 474 g/mol. The summed E-state index contributed by atoms with van der Waals surface area (Å²) < 4.78 is 53.4. The molecule has 32 heavy (non-hydrogen) atoms. The summed E-state index contributed by atoms with van der Waals surface area (Å²) in [6.45, 7) is 0.732. The predicted molar refractivity (Wildman–Crippen MR) is 120 cm³/mol. The first kappa shape index (κ1) is 22.3. The van der Waals surface area contributed by atoms with E-state index in [2.05, 4.69) is 0 Å². The van der Waals surface area contributed by atoms with Crippen LogP contribution in [0, 0.1) is 11.6 Å². The van der Waals surface area contributed by atoms with Gasteiger partial charge in [0.25, 0.3) is 5.91 Å². The van der Waals surface area contributed by atoms with Crippen molar-refractivity contribution in [1.82, 2.24) is 9.21 Å². The Hall–Kier alpha value is -2.88. The first-order chi connectivity index (χ1) is 15.3. The van der Waals surface area contributed by atoms with Gasteiger partial charge in [-0.3, -0.25) is 4.79 Å². The number of amides is 1. The van der Waals surface area contributed by atoms with Crippen molar-refractivity contribution in [3.8, 4) is 0 Å². The number of carbonyl (C=O) groups is 1. The first-order valence-electron chi connectivity index (χ1n) is 9.91. The molecule has 4 rings (SSSR count). The van der Waals surface area contributed by atoms with Gasteiger partial charge in [0.05, 0.1) is 10.5 Å². The SMILES string of the molecule is O=C(/C(=C/c1ccc(F)cc1)c1cccs1)N1CCN(S(=O)(=O)c2ccc(F)cc2)CC1. The van der Waals surface area contributed by atoms with E-state index in [0.717, 1.165) is 17.0 Å². The van der Waals surface area contributed by atoms with Crippen molar-refractivity contribution in [2.75, 3.05) is 26.2 Å². The van der Waals surface area contributed by atoms with Gasteiger partial charge >= 0.3 is 0 Å². The fourth-order valence-corrected chi connectivity index (χ4v) is 5.61. The van der Waals surface area contributed by atoms with Crippen LogP contribution in [0.2, 0.25) is 0 Å². The van der Waals surface area contributed by atoms with Gasteiger partial charge in [0.1, 0.15) is 11.6 Å². The Kier molecular flexibility index (Phi) is 6.50. The largest absolute Gasteiger partial charge is 0.336 e. The molecule has 0 atom stereocenters. The minimum Gasteiger partial charge on any atom is -0.336 e. The van der Waals surface area contributed by atoms with Crippen LogP contribution in [0.15, 0.2) is 70.9 Å². The van der Waals surface area contributed by atoms with Gasteiger partial charge in [0, 0.05) is 31.1 Å². The van der Waals surface area contributed by atoms with Gasteiger partial charge < -0.3 is 4.90 Å². The van der Waals surface area contributed by atoms with Crippen LogP contribution < -0.4 is 0 Å². The van der Waals surface area contributed by atoms with Crippen LogP contribution in [-0.4, -0.2) is 49.7 Å². The molecule has 0 aliphatic carbocycles. The Morgan fingerprint density at radius 2 is 1.47 bits per heavy atom. The van der Waals surface area contributed by atoms with Crippen LogP contribution in [0.5, 0.6) is 0 Å². The Bertz CT molecular complexity index is 1220. The number of halogens is 2. The van der Waals surface area contributed by atoms with E-state index in [1.807, 2.05) is 17.5 Å². The lowest BCUT2D eigenvalue weighted by Crippen LogP contribution is -2.50. The van der Waals surface area contributed by atoms with E-state index >= 15 is 0 Å². The van der Waals surface area contributed by atoms with E-state index < -0.39 is 15.8 Å². The Labute approximate surface area is 189 Å². The predicted octanol–water partition coefficient (Wildman–Crippen LogP) is 4.10. The summed E-state index contributed by atoms with van der Waals surface area (Å²) in [6, 6.07) is 14.3. The summed E-state index contributed by atoms with van der Waals surface area (Å²) in [6.07, 6.45) is 1.72. The van der Waals surface area contributed by atoms with Crippen molar-refractivity contribution in [2.24, 2.45) is 0 Å². The molecule has 0 N–H and O–H groups in total. The molecule has 0 unspecified atom stereocenters. The van der Waals surface area contributed by atoms with Crippen molar-refractivity contribution in [1.29, 1.82) is 0 Å². The molecule has 2 heterocycles. The van der Waals surface area contributed by atoms with Gasteiger partial charge in [-0.15, -0.1) is 11.3 Å². The topological polar surface area (TPSA) is 57.7 Å². The zero-order valence-electron chi connectivity index (χ0n) is 16.9. The van der Waals surface area contributed by atoms with Crippen molar-refractivity contribution < 1.29 is 22.0 Å². The first-order valence-corrected chi connectivity index (χ1v) is 12.2. The van der Waals surface area contributed by atoms with Crippen LogP contribution in [0.4, 0.5) is 8.78 Å². The molecule has 2 aromatic carbocycles. The maximum Gasteiger partial charge on any atom is 0.255 e. The van der Waals surface area contributed by atoms with E-state index in [1.54, 1.807) is 23.1 Å². The van der Waals surface area contributed by atoms with Gasteiger partial charge in [-0.2, -0.15) is 4.31 Å². The highest BCUT2D eigenvalue weighted by Crippen LogP contribution is 2.26. The Balaban J connectivity index is 1.52. The fraction of sp³-hybridized carbons (Fsp3) is 0.174. The second kappa shape index (κ2) is 9.32. The summed E-state index contributed by atoms with van der Waals surface area (Å²) >= 11 is 1.42. The van der Waals surface area contributed by atoms with Crippen LogP contribution in [0.1, 0.15) is 10.4 Å². The average molecular weight is 475 g/mol. The number of hydrogen-bond acceptors (Lipinski definition) is 4. The normalized spacial score (nSPS) is 15.7. The third kappa shape index (κ3) is 4.79. The lowest BCUT2D eigenvalue weighted by Gasteiger charge is -2.34. The summed E-state index contributed by atoms with van der Waals surface area (Å²) in [5.41, 5.74) is 1.17. The second-order valence-corrected chi connectivity index (χ2v) is 10.1. The number of hydrogen-bond donors (Lipinski definition) is 0. The van der Waals surface area contributed by atoms with Crippen molar-refractivity contribution in [2.45, 2.75) is 4.90 Å². The van der Waals surface area contributed by atoms with E-state index in [4.69, 9.17) is 0 Å². The van der Waals surface area contributed by atoms with Gasteiger partial charge in [0.15, 0.2) is 0 Å². The van der Waals surface area contributed by atoms with Gasteiger partial charge in [-0.1, -0.05) is 18.2 Å². The molecule has 0 spiro atoms. The van der Waals surface area contributed by atoms with Crippen LogP contribution in [0.25, 0.3) is 11.6 Å². The maximum absolute atomic E-state index is 13.3. The highest BCUT2D eigenvalue weighted by atomic mass is 32.2. The number of nitrogens with zero attached hydrogens (tertiary/aromatic N) is 2. The molecule has 166 valence electrons. The number of benzene rings is 2. The third-order valence-corrected chi connectivity index (χ3v) is 7.99. The van der Waals surface area contributed by atoms with Crippen molar-refractivity contribution >= 4 is 38.9 Å². The number of carbonyl (C=O) groups excluding carboxylic acids is 1. The standard InChI is InChI=1S/C23H20F2N2O3S2/c24-18-5-3-17(4-6-18)16-21(22-2-1-15-31-22)23(28)26-11-13-27(14-12-26)32(29,30)20-9-7-19(25)8-10-20/h1-10,15-16H,11-14H2/b21-16+. The highest BCUT2D eigenvalue weighted by molar-refractivity contribution is 7.89. The molecular weight excluding hydrogens is 454 g/mol. The van der Waals surface area contributed by atoms with Gasteiger partial charge in [-0.25, -0.2) is 17.2 Å². The molecule has 5 nitrogen and oxygen atoms in total. The molecule has 1 aliphatic rings. The number of sulfonamides is 1. The average Bonchev–Trinajstić information content (AvgIpc) is 3.33. The zero-order chi connectivity index (χ0) is 22.7. The van der Waals surface area contributed by atoms with Gasteiger partial charge in [0.2, 0.25) is 10.0 Å². The van der Waals surface area contributed by atoms with Crippen LogP contribution >= 0.6 is 11.3 Å². The van der Waals surface area contributed by atoms with Crippen molar-refractivity contribution in [3.63, 3.8) is 0 Å². The van der Waals surface area contributed by atoms with Crippen molar-refractivity contribution in [3.05, 3.63) is 88.1 Å². The summed E-state index contributed by atoms with van der Waals surface area (Å²) in [4.78, 5) is 15.7.